The Kier molecular flexibility index (Phi) is 8.69. The quantitative estimate of drug-likeness (QED) is 0.453. The van der Waals surface area contributed by atoms with Gasteiger partial charge in [-0.15, -0.1) is 0 Å². The van der Waals surface area contributed by atoms with Gasteiger partial charge in [0.2, 0.25) is 0 Å². The van der Waals surface area contributed by atoms with Crippen molar-refractivity contribution in [2.75, 3.05) is 33.3 Å². The molecule has 1 aliphatic carbocycles. The first kappa shape index (κ1) is 20.7. The number of nitrogens with zero attached hydrogens (tertiary/aromatic N) is 2. The van der Waals surface area contributed by atoms with E-state index < -0.39 is 7.77 Å². The average Bonchev–Trinajstić information content (AvgIpc) is 2.65. The fourth-order valence-electron chi connectivity index (χ4n) is 4.06. The molecule has 0 N–H and O–H groups in total. The second-order valence-electron chi connectivity index (χ2n) is 7.65. The molecule has 2 fully saturated rings. The predicted octanol–water partition coefficient (Wildman–Crippen LogP) is 5.25. The Morgan fingerprint density at radius 1 is 1.24 bits per heavy atom. The molecule has 2 atom stereocenters. The van der Waals surface area contributed by atoms with Crippen LogP contribution >= 0.6 is 7.77 Å². The van der Waals surface area contributed by atoms with Crippen molar-refractivity contribution in [3.63, 3.8) is 0 Å². The summed E-state index contributed by atoms with van der Waals surface area (Å²) in [6.45, 7) is 15.5. The van der Waals surface area contributed by atoms with Gasteiger partial charge in [-0.2, -0.15) is 4.52 Å². The molecule has 0 radical (unpaired) electrons. The Morgan fingerprint density at radius 3 is 2.52 bits per heavy atom. The van der Waals surface area contributed by atoms with E-state index in [0.29, 0.717) is 6.04 Å². The lowest BCUT2D eigenvalue weighted by molar-refractivity contribution is 0.0832. The standard InChI is InChI=1S/C21H38N2OP/c1-6-19(4)25(24-5)17-21(7-2)23-14-13-22(18(3)15-23)16-20-11-9-8-10-12-20/h7,17-18,20H,2,6,8-16H2,1,3-5H3/q+1/b21-17+. The fourth-order valence-corrected chi connectivity index (χ4v) is 5.52. The molecule has 1 aliphatic heterocycles. The minimum atomic E-state index is -0.601. The zero-order chi connectivity index (χ0) is 18.2. The van der Waals surface area contributed by atoms with Crippen molar-refractivity contribution in [1.82, 2.24) is 9.80 Å². The maximum absolute atomic E-state index is 5.74. The monoisotopic (exact) mass is 365 g/mol. The molecule has 0 aromatic carbocycles. The summed E-state index contributed by atoms with van der Waals surface area (Å²) in [6.07, 6.45) is 10.3. The summed E-state index contributed by atoms with van der Waals surface area (Å²) in [7, 11) is 1.23. The molecule has 142 valence electrons. The maximum atomic E-state index is 5.74. The highest BCUT2D eigenvalue weighted by Gasteiger charge is 2.28. The Bertz CT molecular complexity index is 494. The molecule has 2 aliphatic rings. The molecule has 0 bridgehead atoms. The predicted molar refractivity (Wildman–Crippen MR) is 112 cm³/mol. The smallest absolute Gasteiger partial charge is 0.285 e. The Labute approximate surface area is 156 Å². The largest absolute Gasteiger partial charge is 0.366 e. The van der Waals surface area contributed by atoms with Gasteiger partial charge in [0.05, 0.1) is 12.8 Å². The third-order valence-corrected chi connectivity index (χ3v) is 7.85. The normalized spacial score (nSPS) is 25.0. The van der Waals surface area contributed by atoms with Gasteiger partial charge in [0.15, 0.2) is 5.82 Å². The third kappa shape index (κ3) is 5.94. The summed E-state index contributed by atoms with van der Waals surface area (Å²) in [5.41, 5.74) is 1.25. The van der Waals surface area contributed by atoms with E-state index in [9.17, 15) is 0 Å². The van der Waals surface area contributed by atoms with E-state index >= 15 is 0 Å². The van der Waals surface area contributed by atoms with Gasteiger partial charge in [0.25, 0.3) is 7.77 Å². The van der Waals surface area contributed by atoms with Gasteiger partial charge in [-0.1, -0.05) is 32.8 Å². The lowest BCUT2D eigenvalue weighted by Gasteiger charge is -2.42. The molecular formula is C21H38N2OP+. The minimum absolute atomic E-state index is 0.601. The molecule has 0 aromatic rings. The summed E-state index contributed by atoms with van der Waals surface area (Å²) in [4.78, 5) is 5.22. The van der Waals surface area contributed by atoms with Crippen LogP contribution in [0.25, 0.3) is 0 Å². The van der Waals surface area contributed by atoms with Crippen LogP contribution in [0.1, 0.15) is 59.3 Å². The van der Waals surface area contributed by atoms with Crippen LogP contribution in [0.4, 0.5) is 0 Å². The number of piperazine rings is 1. The Morgan fingerprint density at radius 2 is 1.96 bits per heavy atom. The van der Waals surface area contributed by atoms with Gasteiger partial charge in [-0.25, -0.2) is 0 Å². The topological polar surface area (TPSA) is 15.7 Å². The van der Waals surface area contributed by atoms with Gasteiger partial charge in [-0.3, -0.25) is 4.90 Å². The van der Waals surface area contributed by atoms with E-state index in [1.54, 1.807) is 0 Å². The zero-order valence-corrected chi connectivity index (χ0v) is 17.7. The molecule has 1 saturated heterocycles. The average molecular weight is 366 g/mol. The van der Waals surface area contributed by atoms with Crippen molar-refractivity contribution in [3.8, 4) is 0 Å². The first-order chi connectivity index (χ1) is 12.1. The lowest BCUT2D eigenvalue weighted by atomic mass is 9.88. The van der Waals surface area contributed by atoms with Gasteiger partial charge in [-0.05, 0) is 38.7 Å². The molecule has 2 unspecified atom stereocenters. The van der Waals surface area contributed by atoms with Gasteiger partial charge in [0, 0.05) is 38.6 Å². The fraction of sp³-hybridized carbons (Fsp3) is 0.762. The van der Waals surface area contributed by atoms with E-state index in [0.717, 1.165) is 25.4 Å². The van der Waals surface area contributed by atoms with Gasteiger partial charge < -0.3 is 4.90 Å². The zero-order valence-electron chi connectivity index (χ0n) is 16.8. The van der Waals surface area contributed by atoms with Gasteiger partial charge in [0.1, 0.15) is 5.29 Å². The maximum Gasteiger partial charge on any atom is 0.285 e. The lowest BCUT2D eigenvalue weighted by Crippen LogP contribution is -2.52. The first-order valence-corrected chi connectivity index (χ1v) is 11.4. The second-order valence-corrected chi connectivity index (χ2v) is 9.69. The molecule has 0 spiro atoms. The third-order valence-electron chi connectivity index (χ3n) is 5.89. The van der Waals surface area contributed by atoms with Gasteiger partial charge >= 0.3 is 0 Å². The van der Waals surface area contributed by atoms with Crippen molar-refractivity contribution in [1.29, 1.82) is 0 Å². The van der Waals surface area contributed by atoms with Crippen molar-refractivity contribution in [2.45, 2.75) is 65.3 Å². The highest BCUT2D eigenvalue weighted by Crippen LogP contribution is 2.32. The molecule has 25 heavy (non-hydrogen) atoms. The molecule has 4 heteroatoms. The molecular weight excluding hydrogens is 327 g/mol. The molecule has 0 amide bonds. The van der Waals surface area contributed by atoms with Crippen LogP contribution in [0.15, 0.2) is 24.2 Å². The number of rotatable bonds is 7. The summed E-state index contributed by atoms with van der Waals surface area (Å²) >= 11 is 0. The molecule has 0 aromatic heterocycles. The van der Waals surface area contributed by atoms with E-state index in [-0.39, 0.29) is 0 Å². The highest BCUT2D eigenvalue weighted by molar-refractivity contribution is 7.57. The van der Waals surface area contributed by atoms with Crippen LogP contribution < -0.4 is 0 Å². The first-order valence-electron chi connectivity index (χ1n) is 10.1. The Balaban J connectivity index is 1.98. The van der Waals surface area contributed by atoms with Crippen molar-refractivity contribution in [2.24, 2.45) is 5.92 Å². The molecule has 2 rings (SSSR count). The van der Waals surface area contributed by atoms with Crippen molar-refractivity contribution < 1.29 is 4.52 Å². The van der Waals surface area contributed by atoms with E-state index in [1.165, 1.54) is 56.2 Å². The summed E-state index contributed by atoms with van der Waals surface area (Å²) in [5, 5.41) is 1.43. The van der Waals surface area contributed by atoms with Crippen molar-refractivity contribution >= 4 is 13.1 Å². The van der Waals surface area contributed by atoms with E-state index in [2.05, 4.69) is 43.0 Å². The second kappa shape index (κ2) is 10.5. The van der Waals surface area contributed by atoms with Crippen LogP contribution in [0.3, 0.4) is 0 Å². The van der Waals surface area contributed by atoms with E-state index in [1.807, 2.05) is 13.2 Å². The van der Waals surface area contributed by atoms with Crippen LogP contribution in [0, 0.1) is 5.92 Å². The number of hydrogen-bond donors (Lipinski definition) is 0. The number of allylic oxidation sites excluding steroid dienone is 1. The molecule has 3 nitrogen and oxygen atoms in total. The molecule has 1 heterocycles. The van der Waals surface area contributed by atoms with Crippen LogP contribution in [0.5, 0.6) is 0 Å². The highest BCUT2D eigenvalue weighted by atomic mass is 31.1. The summed E-state index contributed by atoms with van der Waals surface area (Å²) in [5.74, 6) is 3.24. The molecule has 1 saturated carbocycles. The Hall–Kier alpha value is -0.630. The van der Waals surface area contributed by atoms with Crippen LogP contribution in [-0.4, -0.2) is 54.4 Å². The summed E-state index contributed by atoms with van der Waals surface area (Å²) < 4.78 is 5.74. The SMILES string of the molecule is C=C/C(=C\[P+](OC)=C(/C)CC)N1CCN(CC2CCCCC2)C(C)C1. The van der Waals surface area contributed by atoms with Crippen molar-refractivity contribution in [3.05, 3.63) is 24.2 Å². The van der Waals surface area contributed by atoms with Crippen LogP contribution in [0.2, 0.25) is 0 Å². The summed E-state index contributed by atoms with van der Waals surface area (Å²) in [6, 6.07) is 0.615. The van der Waals surface area contributed by atoms with E-state index in [4.69, 9.17) is 4.52 Å². The minimum Gasteiger partial charge on any atom is -0.366 e. The number of hydrogen-bond acceptors (Lipinski definition) is 3. The van der Waals surface area contributed by atoms with Crippen LogP contribution in [-0.2, 0) is 4.52 Å².